The van der Waals surface area contributed by atoms with Gasteiger partial charge in [0.1, 0.15) is 11.4 Å². The molecular formula is C36H50N6O6S. The van der Waals surface area contributed by atoms with E-state index in [9.17, 15) is 18.0 Å². The van der Waals surface area contributed by atoms with Crippen LogP contribution in [0.4, 0.5) is 0 Å². The van der Waals surface area contributed by atoms with Crippen LogP contribution < -0.4 is 0 Å². The van der Waals surface area contributed by atoms with Crippen LogP contribution in [0.25, 0.3) is 0 Å². The quantitative estimate of drug-likeness (QED) is 0.377. The highest BCUT2D eigenvalue weighted by atomic mass is 32.2. The number of hydrogen-bond donors (Lipinski definition) is 2. The van der Waals surface area contributed by atoms with Crippen molar-refractivity contribution in [1.29, 1.82) is 0 Å². The number of hydrogen-bond acceptors (Lipinski definition) is 8. The molecule has 0 radical (unpaired) electrons. The first-order valence-electron chi connectivity index (χ1n) is 17.4. The first-order chi connectivity index (χ1) is 23.5. The van der Waals surface area contributed by atoms with E-state index in [2.05, 4.69) is 33.9 Å². The average Bonchev–Trinajstić information content (AvgIpc) is 3.72. The molecule has 2 atom stereocenters. The molecule has 2 N–H and O–H groups in total. The van der Waals surface area contributed by atoms with Crippen LogP contribution in [0.3, 0.4) is 0 Å². The van der Waals surface area contributed by atoms with Gasteiger partial charge in [0.05, 0.1) is 17.1 Å². The zero-order chi connectivity index (χ0) is 34.7. The summed E-state index contributed by atoms with van der Waals surface area (Å²) in [5.41, 5.74) is 6.78. The van der Waals surface area contributed by atoms with Crippen LogP contribution in [0, 0.1) is 6.92 Å². The first-order valence-corrected chi connectivity index (χ1v) is 18.8. The lowest BCUT2D eigenvalue weighted by Gasteiger charge is -2.32. The van der Waals surface area contributed by atoms with Gasteiger partial charge in [0.15, 0.2) is 0 Å². The number of aromatic nitrogens is 2. The summed E-state index contributed by atoms with van der Waals surface area (Å²) in [6.07, 6.45) is 4.54. The molecule has 7 rings (SSSR count). The van der Waals surface area contributed by atoms with Crippen molar-refractivity contribution in [3.63, 3.8) is 0 Å². The number of rotatable bonds is 6. The molecular weight excluding hydrogens is 644 g/mol. The fourth-order valence-corrected chi connectivity index (χ4v) is 8.11. The van der Waals surface area contributed by atoms with E-state index in [1.807, 2.05) is 28.9 Å². The standard InChI is InChI=1S/C21H27N3O4S.C15H23N3O2/c1-15-3-6-18(7-4-15)29(26,27)28-17-5-8-19-16(13-17)14-20(22-19)21(25)24-11-9-23(2)10-12-24;1-17-5-7-18(8-6-17)15(19)14-10-11-9-12(20-2)3-4-13(11)16-14/h3-4,6-7,14,17,22H,5,8-13H2,1-2H3;10,12,16H,3-9H2,1-2H3. The normalized spacial score (nSPS) is 21.8. The highest BCUT2D eigenvalue weighted by molar-refractivity contribution is 7.86. The van der Waals surface area contributed by atoms with Crippen molar-refractivity contribution in [3.8, 4) is 0 Å². The van der Waals surface area contributed by atoms with E-state index < -0.39 is 16.2 Å². The van der Waals surface area contributed by atoms with Crippen molar-refractivity contribution in [2.75, 3.05) is 73.6 Å². The second-order valence-corrected chi connectivity index (χ2v) is 15.5. The Bertz CT molecular complexity index is 1720. The third-order valence-corrected chi connectivity index (χ3v) is 11.6. The number of ether oxygens (including phenoxy) is 1. The van der Waals surface area contributed by atoms with E-state index in [1.54, 1.807) is 31.4 Å². The van der Waals surface area contributed by atoms with E-state index in [-0.39, 0.29) is 16.7 Å². The summed E-state index contributed by atoms with van der Waals surface area (Å²) in [7, 11) is 2.11. The minimum Gasteiger partial charge on any atom is -0.381 e. The van der Waals surface area contributed by atoms with Crippen molar-refractivity contribution in [2.45, 2.75) is 62.6 Å². The number of methoxy groups -OCH3 is 1. The van der Waals surface area contributed by atoms with E-state index in [0.29, 0.717) is 31.1 Å². The number of benzene rings is 1. The zero-order valence-electron chi connectivity index (χ0n) is 29.2. The number of aryl methyl sites for hydroxylation is 3. The van der Waals surface area contributed by atoms with Gasteiger partial charge in [-0.3, -0.25) is 13.8 Å². The number of likely N-dealkylation sites (N-methyl/N-ethyl adjacent to an activating group) is 2. The molecule has 3 aromatic rings. The number of amides is 2. The molecule has 2 aromatic heterocycles. The Hall–Kier alpha value is -3.49. The molecule has 4 aliphatic rings. The topological polar surface area (TPSA) is 131 Å². The number of fused-ring (bicyclic) bond motifs is 2. The summed E-state index contributed by atoms with van der Waals surface area (Å²) >= 11 is 0. The maximum absolute atomic E-state index is 12.8. The summed E-state index contributed by atoms with van der Waals surface area (Å²) in [5, 5.41) is 0. The average molecular weight is 695 g/mol. The number of H-pyrrole nitrogens is 2. The highest BCUT2D eigenvalue weighted by Crippen LogP contribution is 2.28. The summed E-state index contributed by atoms with van der Waals surface area (Å²) in [5.74, 6) is 0.152. The number of aromatic amines is 2. The van der Waals surface area contributed by atoms with Crippen LogP contribution in [-0.2, 0) is 44.7 Å². The third kappa shape index (κ3) is 8.46. The fourth-order valence-electron chi connectivity index (χ4n) is 7.01. The van der Waals surface area contributed by atoms with Gasteiger partial charge in [-0.05, 0) is 82.1 Å². The molecule has 4 heterocycles. The molecule has 49 heavy (non-hydrogen) atoms. The van der Waals surface area contributed by atoms with E-state index >= 15 is 0 Å². The summed E-state index contributed by atoms with van der Waals surface area (Å²) in [4.78, 5) is 40.4. The Balaban J connectivity index is 0.000000182. The number of nitrogens with zero attached hydrogens (tertiary/aromatic N) is 4. The van der Waals surface area contributed by atoms with Gasteiger partial charge >= 0.3 is 0 Å². The first kappa shape index (κ1) is 35.3. The Labute approximate surface area is 289 Å². The number of piperazine rings is 2. The Morgan fingerprint density at radius 1 is 0.714 bits per heavy atom. The molecule has 12 nitrogen and oxygen atoms in total. The van der Waals surface area contributed by atoms with Crippen molar-refractivity contribution in [2.24, 2.45) is 0 Å². The fraction of sp³-hybridized carbons (Fsp3) is 0.556. The predicted octanol–water partition coefficient (Wildman–Crippen LogP) is 2.88. The van der Waals surface area contributed by atoms with Crippen LogP contribution in [0.2, 0.25) is 0 Å². The van der Waals surface area contributed by atoms with Gasteiger partial charge in [-0.2, -0.15) is 8.42 Å². The second kappa shape index (κ2) is 15.2. The summed E-state index contributed by atoms with van der Waals surface area (Å²) in [6, 6.07) is 10.6. The second-order valence-electron chi connectivity index (χ2n) is 13.9. The lowest BCUT2D eigenvalue weighted by Crippen LogP contribution is -2.47. The smallest absolute Gasteiger partial charge is 0.297 e. The number of carbonyl (C=O) groups excluding carboxylic acids is 2. The molecule has 2 fully saturated rings. The summed E-state index contributed by atoms with van der Waals surface area (Å²) in [6.45, 7) is 8.65. The molecule has 266 valence electrons. The van der Waals surface area contributed by atoms with Gasteiger partial charge in [0, 0.05) is 83.7 Å². The van der Waals surface area contributed by atoms with Crippen molar-refractivity contribution >= 4 is 21.9 Å². The molecule has 13 heteroatoms. The largest absolute Gasteiger partial charge is 0.381 e. The Morgan fingerprint density at radius 2 is 1.16 bits per heavy atom. The van der Waals surface area contributed by atoms with Crippen LogP contribution >= 0.6 is 0 Å². The van der Waals surface area contributed by atoms with Gasteiger partial charge < -0.3 is 34.3 Å². The SMILES string of the molecule is COC1CCc2[nH]c(C(=O)N3CCN(C)CC3)cc2C1.Cc1ccc(S(=O)(=O)OC2CCc3[nH]c(C(=O)N4CCN(C)CC4)cc3C2)cc1. The van der Waals surface area contributed by atoms with Crippen molar-refractivity contribution in [3.05, 3.63) is 75.9 Å². The third-order valence-electron chi connectivity index (χ3n) is 10.3. The van der Waals surface area contributed by atoms with Gasteiger partial charge in [0.2, 0.25) is 0 Å². The molecule has 2 aliphatic heterocycles. The van der Waals surface area contributed by atoms with Gasteiger partial charge in [0.25, 0.3) is 21.9 Å². The number of carbonyl (C=O) groups is 2. The van der Waals surface area contributed by atoms with E-state index in [1.165, 1.54) is 11.3 Å². The van der Waals surface area contributed by atoms with Gasteiger partial charge in [-0.25, -0.2) is 0 Å². The monoisotopic (exact) mass is 694 g/mol. The minimum absolute atomic E-state index is 0.0113. The van der Waals surface area contributed by atoms with Crippen LogP contribution in [0.15, 0.2) is 41.3 Å². The molecule has 2 saturated heterocycles. The van der Waals surface area contributed by atoms with Crippen LogP contribution in [-0.4, -0.2) is 136 Å². The van der Waals surface area contributed by atoms with Crippen LogP contribution in [0.5, 0.6) is 0 Å². The van der Waals surface area contributed by atoms with Crippen LogP contribution in [0.1, 0.15) is 61.9 Å². The molecule has 0 saturated carbocycles. The molecule has 0 spiro atoms. The van der Waals surface area contributed by atoms with Crippen molar-refractivity contribution in [1.82, 2.24) is 29.6 Å². The maximum atomic E-state index is 12.8. The van der Waals surface area contributed by atoms with E-state index in [4.69, 9.17) is 8.92 Å². The molecule has 2 aliphatic carbocycles. The van der Waals surface area contributed by atoms with Gasteiger partial charge in [-0.1, -0.05) is 17.7 Å². The lowest BCUT2D eigenvalue weighted by molar-refractivity contribution is 0.0652. The molecule has 0 bridgehead atoms. The molecule has 2 amide bonds. The lowest BCUT2D eigenvalue weighted by atomic mass is 9.95. The highest BCUT2D eigenvalue weighted by Gasteiger charge is 2.30. The molecule has 1 aromatic carbocycles. The van der Waals surface area contributed by atoms with Crippen molar-refractivity contribution < 1.29 is 26.9 Å². The number of nitrogens with one attached hydrogen (secondary N) is 2. The molecule has 2 unspecified atom stereocenters. The van der Waals surface area contributed by atoms with E-state index in [0.717, 1.165) is 94.1 Å². The maximum Gasteiger partial charge on any atom is 0.297 e. The Morgan fingerprint density at radius 3 is 1.63 bits per heavy atom. The predicted molar refractivity (Wildman–Crippen MR) is 186 cm³/mol. The summed E-state index contributed by atoms with van der Waals surface area (Å²) < 4.78 is 36.1. The minimum atomic E-state index is -3.80. The zero-order valence-corrected chi connectivity index (χ0v) is 30.0. The van der Waals surface area contributed by atoms with Gasteiger partial charge in [-0.15, -0.1) is 0 Å². The Kier molecular flexibility index (Phi) is 10.9.